The molecule has 1 aromatic carbocycles. The lowest BCUT2D eigenvalue weighted by atomic mass is 9.92. The van der Waals surface area contributed by atoms with E-state index in [1.165, 1.54) is 0 Å². The fraction of sp³-hybridized carbons (Fsp3) is 0.375. The van der Waals surface area contributed by atoms with E-state index in [4.69, 9.17) is 0 Å². The van der Waals surface area contributed by atoms with Crippen molar-refractivity contribution in [1.29, 1.82) is 0 Å². The van der Waals surface area contributed by atoms with Gasteiger partial charge in [-0.15, -0.1) is 0 Å². The number of benzene rings is 1. The van der Waals surface area contributed by atoms with Crippen LogP contribution in [0.15, 0.2) is 28.7 Å². The molecular weight excluding hydrogens is 330 g/mol. The third-order valence-corrected chi connectivity index (χ3v) is 4.33. The van der Waals surface area contributed by atoms with Crippen molar-refractivity contribution in [3.63, 3.8) is 0 Å². The fourth-order valence-electron chi connectivity index (χ4n) is 1.94. The predicted octanol–water partition coefficient (Wildman–Crippen LogP) is 4.05. The third-order valence-electron chi connectivity index (χ3n) is 3.44. The summed E-state index contributed by atoms with van der Waals surface area (Å²) in [5, 5.41) is 7.09. The number of rotatable bonds is 2. The Hall–Kier alpha value is -1.62. The maximum atomic E-state index is 12.5. The van der Waals surface area contributed by atoms with E-state index in [1.54, 1.807) is 11.9 Å². The van der Waals surface area contributed by atoms with Crippen LogP contribution in [0, 0.1) is 6.92 Å². The first-order valence-corrected chi connectivity index (χ1v) is 7.59. The number of nitrogens with zero attached hydrogens (tertiary/aromatic N) is 2. The second-order valence-electron chi connectivity index (χ2n) is 6.21. The summed E-state index contributed by atoms with van der Waals surface area (Å²) in [6.07, 6.45) is 0. The van der Waals surface area contributed by atoms with Gasteiger partial charge in [0.05, 0.1) is 0 Å². The summed E-state index contributed by atoms with van der Waals surface area (Å²) in [7, 11) is 1.76. The highest BCUT2D eigenvalue weighted by Crippen LogP contribution is 2.24. The van der Waals surface area contributed by atoms with E-state index in [0.29, 0.717) is 5.69 Å². The van der Waals surface area contributed by atoms with Crippen LogP contribution in [0.25, 0.3) is 0 Å². The second kappa shape index (κ2) is 5.64. The number of anilines is 1. The first kappa shape index (κ1) is 15.8. The van der Waals surface area contributed by atoms with Crippen LogP contribution in [0.1, 0.15) is 42.5 Å². The zero-order valence-corrected chi connectivity index (χ0v) is 14.6. The van der Waals surface area contributed by atoms with Crippen LogP contribution in [0.2, 0.25) is 0 Å². The highest BCUT2D eigenvalue weighted by molar-refractivity contribution is 9.10. The molecule has 4 nitrogen and oxygen atoms in total. The van der Waals surface area contributed by atoms with E-state index < -0.39 is 0 Å². The normalized spacial score (nSPS) is 11.5. The minimum absolute atomic E-state index is 0.0572. The minimum atomic E-state index is -0.122. The number of halogens is 1. The van der Waals surface area contributed by atoms with Gasteiger partial charge in [0.1, 0.15) is 0 Å². The van der Waals surface area contributed by atoms with Gasteiger partial charge in [-0.2, -0.15) is 5.10 Å². The summed E-state index contributed by atoms with van der Waals surface area (Å²) in [5.74, 6) is -0.122. The van der Waals surface area contributed by atoms with Gasteiger partial charge in [-0.25, -0.2) is 0 Å². The van der Waals surface area contributed by atoms with E-state index in [0.717, 1.165) is 21.4 Å². The molecule has 0 aliphatic rings. The summed E-state index contributed by atoms with van der Waals surface area (Å²) in [5.41, 5.74) is 3.26. The van der Waals surface area contributed by atoms with Gasteiger partial charge in [0.25, 0.3) is 5.91 Å². The SMILES string of the molecule is Cc1cc(N(C)C(=O)c2cc(C(C)(C)C)[nH]n2)ccc1Br. The van der Waals surface area contributed by atoms with E-state index >= 15 is 0 Å². The summed E-state index contributed by atoms with van der Waals surface area (Å²) < 4.78 is 1.03. The fourth-order valence-corrected chi connectivity index (χ4v) is 2.19. The molecule has 1 heterocycles. The Bertz CT molecular complexity index is 670. The van der Waals surface area contributed by atoms with Gasteiger partial charge in [-0.05, 0) is 36.8 Å². The molecular formula is C16H20BrN3O. The number of carbonyl (C=O) groups excluding carboxylic acids is 1. The second-order valence-corrected chi connectivity index (χ2v) is 7.07. The third kappa shape index (κ3) is 3.35. The average Bonchev–Trinajstić information content (AvgIpc) is 2.90. The Balaban J connectivity index is 2.26. The molecule has 0 aliphatic carbocycles. The van der Waals surface area contributed by atoms with Crippen molar-refractivity contribution in [2.45, 2.75) is 33.1 Å². The number of H-pyrrole nitrogens is 1. The average molecular weight is 350 g/mol. The van der Waals surface area contributed by atoms with Gasteiger partial charge in [0.2, 0.25) is 0 Å². The summed E-state index contributed by atoms with van der Waals surface area (Å²) in [6.45, 7) is 8.24. The maximum absolute atomic E-state index is 12.5. The van der Waals surface area contributed by atoms with Crippen molar-refractivity contribution in [3.05, 3.63) is 45.7 Å². The molecule has 0 fully saturated rings. The Morgan fingerprint density at radius 1 is 1.29 bits per heavy atom. The first-order chi connectivity index (χ1) is 9.70. The van der Waals surface area contributed by atoms with Crippen LogP contribution in [0.5, 0.6) is 0 Å². The zero-order valence-electron chi connectivity index (χ0n) is 13.0. The smallest absolute Gasteiger partial charge is 0.278 e. The van der Waals surface area contributed by atoms with Crippen LogP contribution in [0.3, 0.4) is 0 Å². The van der Waals surface area contributed by atoms with E-state index in [1.807, 2.05) is 31.2 Å². The van der Waals surface area contributed by atoms with Gasteiger partial charge in [-0.3, -0.25) is 9.89 Å². The van der Waals surface area contributed by atoms with Crippen LogP contribution in [-0.2, 0) is 5.41 Å². The lowest BCUT2D eigenvalue weighted by Crippen LogP contribution is -2.26. The molecule has 0 spiro atoms. The highest BCUT2D eigenvalue weighted by atomic mass is 79.9. The molecule has 1 amide bonds. The maximum Gasteiger partial charge on any atom is 0.278 e. The molecule has 21 heavy (non-hydrogen) atoms. The van der Waals surface area contributed by atoms with E-state index in [-0.39, 0.29) is 11.3 Å². The number of hydrogen-bond acceptors (Lipinski definition) is 2. The van der Waals surface area contributed by atoms with Crippen molar-refractivity contribution in [3.8, 4) is 0 Å². The largest absolute Gasteiger partial charge is 0.310 e. The molecule has 1 aromatic heterocycles. The van der Waals surface area contributed by atoms with E-state index in [9.17, 15) is 4.79 Å². The van der Waals surface area contributed by atoms with Gasteiger partial charge < -0.3 is 4.90 Å². The molecule has 0 aliphatic heterocycles. The van der Waals surface area contributed by atoms with Crippen LogP contribution < -0.4 is 4.90 Å². The van der Waals surface area contributed by atoms with Crippen molar-refractivity contribution in [1.82, 2.24) is 10.2 Å². The first-order valence-electron chi connectivity index (χ1n) is 6.80. The van der Waals surface area contributed by atoms with Gasteiger partial charge in [0.15, 0.2) is 5.69 Å². The van der Waals surface area contributed by atoms with Crippen LogP contribution in [-0.4, -0.2) is 23.2 Å². The Kier molecular flexibility index (Phi) is 4.23. The molecule has 0 bridgehead atoms. The molecule has 2 aromatic rings. The highest BCUT2D eigenvalue weighted by Gasteiger charge is 2.21. The van der Waals surface area contributed by atoms with Crippen LogP contribution in [0.4, 0.5) is 5.69 Å². The molecule has 1 N–H and O–H groups in total. The van der Waals surface area contributed by atoms with Gasteiger partial charge >= 0.3 is 0 Å². The molecule has 0 radical (unpaired) electrons. The minimum Gasteiger partial charge on any atom is -0.310 e. The Morgan fingerprint density at radius 3 is 2.48 bits per heavy atom. The van der Waals surface area contributed by atoms with Crippen molar-refractivity contribution < 1.29 is 4.79 Å². The number of carbonyl (C=O) groups is 1. The zero-order chi connectivity index (χ0) is 15.8. The monoisotopic (exact) mass is 349 g/mol. The van der Waals surface area contributed by atoms with Gasteiger partial charge in [-0.1, -0.05) is 36.7 Å². The number of aromatic amines is 1. The lowest BCUT2D eigenvalue weighted by molar-refractivity contribution is 0.0988. The topological polar surface area (TPSA) is 49.0 Å². The standard InChI is InChI=1S/C16H20BrN3O/c1-10-8-11(6-7-12(10)17)20(5)15(21)13-9-14(19-18-13)16(2,3)4/h6-9H,1-5H3,(H,18,19). The van der Waals surface area contributed by atoms with Crippen LogP contribution >= 0.6 is 15.9 Å². The molecule has 5 heteroatoms. The number of nitrogens with one attached hydrogen (secondary N) is 1. The van der Waals surface area contributed by atoms with Gasteiger partial charge in [0, 0.05) is 28.3 Å². The number of amides is 1. The quantitative estimate of drug-likeness (QED) is 0.888. The Labute approximate surface area is 133 Å². The molecule has 2 rings (SSSR count). The molecule has 112 valence electrons. The summed E-state index contributed by atoms with van der Waals surface area (Å²) in [4.78, 5) is 14.1. The Morgan fingerprint density at radius 2 is 1.95 bits per heavy atom. The summed E-state index contributed by atoms with van der Waals surface area (Å²) >= 11 is 3.46. The summed E-state index contributed by atoms with van der Waals surface area (Å²) in [6, 6.07) is 7.65. The van der Waals surface area contributed by atoms with E-state index in [2.05, 4.69) is 46.9 Å². The van der Waals surface area contributed by atoms with Crippen molar-refractivity contribution >= 4 is 27.5 Å². The van der Waals surface area contributed by atoms with Crippen molar-refractivity contribution in [2.24, 2.45) is 0 Å². The molecule has 0 atom stereocenters. The lowest BCUT2D eigenvalue weighted by Gasteiger charge is -2.17. The molecule has 0 unspecified atom stereocenters. The number of aryl methyl sites for hydroxylation is 1. The molecule has 0 saturated carbocycles. The number of aromatic nitrogens is 2. The number of hydrogen-bond donors (Lipinski definition) is 1. The molecule has 0 saturated heterocycles. The van der Waals surface area contributed by atoms with Crippen molar-refractivity contribution in [2.75, 3.05) is 11.9 Å². The predicted molar refractivity (Wildman–Crippen MR) is 88.9 cm³/mol.